The number of benzene rings is 2. The first-order chi connectivity index (χ1) is 11.6. The number of aryl methyl sites for hydroxylation is 1. The van der Waals surface area contributed by atoms with Gasteiger partial charge in [-0.1, -0.05) is 48.0 Å². The van der Waals surface area contributed by atoms with Crippen molar-refractivity contribution in [3.05, 3.63) is 70.8 Å². The van der Waals surface area contributed by atoms with Crippen molar-refractivity contribution in [2.75, 3.05) is 31.1 Å². The predicted octanol–water partition coefficient (Wildman–Crippen LogP) is 4.01. The minimum absolute atomic E-state index is 0.0411. The maximum atomic E-state index is 12.4. The van der Waals surface area contributed by atoms with Crippen molar-refractivity contribution in [1.29, 1.82) is 0 Å². The summed E-state index contributed by atoms with van der Waals surface area (Å²) in [5.41, 5.74) is 3.40. The molecule has 24 heavy (non-hydrogen) atoms. The SMILES string of the molecule is Cc1ccccc1N1CCN(C(=O)/C=C/c2ccccc2Cl)CC1. The summed E-state index contributed by atoms with van der Waals surface area (Å²) in [6.07, 6.45) is 3.41. The van der Waals surface area contributed by atoms with E-state index in [1.807, 2.05) is 29.2 Å². The number of carbonyl (C=O) groups excluding carboxylic acids is 1. The van der Waals surface area contributed by atoms with Crippen molar-refractivity contribution in [2.45, 2.75) is 6.92 Å². The van der Waals surface area contributed by atoms with Crippen LogP contribution >= 0.6 is 11.6 Å². The summed E-state index contributed by atoms with van der Waals surface area (Å²) in [5, 5.41) is 0.658. The van der Waals surface area contributed by atoms with E-state index in [4.69, 9.17) is 11.6 Å². The molecule has 1 aliphatic rings. The van der Waals surface area contributed by atoms with Crippen molar-refractivity contribution in [3.8, 4) is 0 Å². The highest BCUT2D eigenvalue weighted by atomic mass is 35.5. The van der Waals surface area contributed by atoms with E-state index in [0.29, 0.717) is 5.02 Å². The predicted molar refractivity (Wildman–Crippen MR) is 100 cm³/mol. The summed E-state index contributed by atoms with van der Waals surface area (Å²) < 4.78 is 0. The second-order valence-corrected chi connectivity index (χ2v) is 6.36. The Bertz CT molecular complexity index is 749. The molecule has 0 saturated carbocycles. The molecular weight excluding hydrogens is 320 g/mol. The third-order valence-electron chi connectivity index (χ3n) is 4.36. The first-order valence-corrected chi connectivity index (χ1v) is 8.55. The molecule has 0 aromatic heterocycles. The van der Waals surface area contributed by atoms with Crippen LogP contribution in [-0.4, -0.2) is 37.0 Å². The number of rotatable bonds is 3. The molecule has 0 spiro atoms. The summed E-state index contributed by atoms with van der Waals surface area (Å²) in [5.74, 6) is 0.0411. The molecule has 0 atom stereocenters. The molecule has 3 nitrogen and oxygen atoms in total. The Kier molecular flexibility index (Phi) is 5.21. The van der Waals surface area contributed by atoms with Gasteiger partial charge in [-0.05, 0) is 36.3 Å². The summed E-state index contributed by atoms with van der Waals surface area (Å²) in [7, 11) is 0. The highest BCUT2D eigenvalue weighted by Gasteiger charge is 2.20. The van der Waals surface area contributed by atoms with Crippen LogP contribution in [0.2, 0.25) is 5.02 Å². The monoisotopic (exact) mass is 340 g/mol. The quantitative estimate of drug-likeness (QED) is 0.788. The van der Waals surface area contributed by atoms with Gasteiger partial charge >= 0.3 is 0 Å². The standard InChI is InChI=1S/C20H21ClN2O/c1-16-6-2-5-9-19(16)22-12-14-23(15-13-22)20(24)11-10-17-7-3-4-8-18(17)21/h2-11H,12-15H2,1H3/b11-10+. The van der Waals surface area contributed by atoms with E-state index in [2.05, 4.69) is 36.1 Å². The van der Waals surface area contributed by atoms with Gasteiger partial charge in [0.15, 0.2) is 0 Å². The normalized spacial score (nSPS) is 15.1. The van der Waals surface area contributed by atoms with Gasteiger partial charge in [0.2, 0.25) is 5.91 Å². The van der Waals surface area contributed by atoms with E-state index in [1.165, 1.54) is 11.3 Å². The average Bonchev–Trinajstić information content (AvgIpc) is 2.61. The molecule has 2 aromatic rings. The molecule has 4 heteroatoms. The van der Waals surface area contributed by atoms with Crippen LogP contribution in [0.5, 0.6) is 0 Å². The number of hydrogen-bond donors (Lipinski definition) is 0. The van der Waals surface area contributed by atoms with Crippen molar-refractivity contribution >= 4 is 29.3 Å². The molecular formula is C20H21ClN2O. The molecule has 1 saturated heterocycles. The van der Waals surface area contributed by atoms with Crippen LogP contribution < -0.4 is 4.90 Å². The second kappa shape index (κ2) is 7.54. The van der Waals surface area contributed by atoms with Crippen molar-refractivity contribution in [2.24, 2.45) is 0 Å². The molecule has 0 bridgehead atoms. The zero-order valence-corrected chi connectivity index (χ0v) is 14.5. The van der Waals surface area contributed by atoms with Crippen LogP contribution in [0.25, 0.3) is 6.08 Å². The molecule has 1 heterocycles. The minimum Gasteiger partial charge on any atom is -0.368 e. The summed E-state index contributed by atoms with van der Waals surface area (Å²) in [6, 6.07) is 15.9. The van der Waals surface area contributed by atoms with E-state index in [9.17, 15) is 4.79 Å². The average molecular weight is 341 g/mol. The fourth-order valence-corrected chi connectivity index (χ4v) is 3.16. The van der Waals surface area contributed by atoms with Gasteiger partial charge < -0.3 is 9.80 Å². The number of carbonyl (C=O) groups is 1. The summed E-state index contributed by atoms with van der Waals surface area (Å²) >= 11 is 6.11. The van der Waals surface area contributed by atoms with Crippen LogP contribution in [-0.2, 0) is 4.79 Å². The lowest BCUT2D eigenvalue weighted by molar-refractivity contribution is -0.126. The molecule has 1 aliphatic heterocycles. The topological polar surface area (TPSA) is 23.6 Å². The summed E-state index contributed by atoms with van der Waals surface area (Å²) in [4.78, 5) is 16.6. The number of halogens is 1. The van der Waals surface area contributed by atoms with Gasteiger partial charge in [-0.3, -0.25) is 4.79 Å². The van der Waals surface area contributed by atoms with Gasteiger partial charge in [-0.25, -0.2) is 0 Å². The largest absolute Gasteiger partial charge is 0.368 e. The van der Waals surface area contributed by atoms with Gasteiger partial charge in [-0.15, -0.1) is 0 Å². The third-order valence-corrected chi connectivity index (χ3v) is 4.70. The van der Waals surface area contributed by atoms with E-state index in [-0.39, 0.29) is 5.91 Å². The molecule has 0 N–H and O–H groups in total. The molecule has 1 fully saturated rings. The zero-order chi connectivity index (χ0) is 16.9. The Hall–Kier alpha value is -2.26. The van der Waals surface area contributed by atoms with Crippen molar-refractivity contribution in [3.63, 3.8) is 0 Å². The van der Waals surface area contributed by atoms with Crippen LogP contribution in [0.4, 0.5) is 5.69 Å². The molecule has 0 aliphatic carbocycles. The highest BCUT2D eigenvalue weighted by molar-refractivity contribution is 6.32. The van der Waals surface area contributed by atoms with E-state index < -0.39 is 0 Å². The molecule has 0 radical (unpaired) electrons. The number of piperazine rings is 1. The number of amides is 1. The molecule has 3 rings (SSSR count). The number of nitrogens with zero attached hydrogens (tertiary/aromatic N) is 2. The van der Waals surface area contributed by atoms with E-state index in [1.54, 1.807) is 12.2 Å². The highest BCUT2D eigenvalue weighted by Crippen LogP contribution is 2.21. The molecule has 124 valence electrons. The third kappa shape index (κ3) is 3.80. The first-order valence-electron chi connectivity index (χ1n) is 8.17. The van der Waals surface area contributed by atoms with Crippen LogP contribution in [0.15, 0.2) is 54.6 Å². The molecule has 2 aromatic carbocycles. The van der Waals surface area contributed by atoms with Gasteiger partial charge in [-0.2, -0.15) is 0 Å². The minimum atomic E-state index is 0.0411. The van der Waals surface area contributed by atoms with E-state index in [0.717, 1.165) is 31.7 Å². The lowest BCUT2D eigenvalue weighted by atomic mass is 10.1. The Morgan fingerprint density at radius 2 is 1.67 bits per heavy atom. The molecule has 1 amide bonds. The van der Waals surface area contributed by atoms with Gasteiger partial charge in [0.05, 0.1) is 0 Å². The van der Waals surface area contributed by atoms with E-state index >= 15 is 0 Å². The zero-order valence-electron chi connectivity index (χ0n) is 13.8. The van der Waals surface area contributed by atoms with Gasteiger partial charge in [0, 0.05) is 43.0 Å². The Balaban J connectivity index is 1.59. The lowest BCUT2D eigenvalue weighted by Gasteiger charge is -2.36. The fourth-order valence-electron chi connectivity index (χ4n) is 2.96. The Morgan fingerprint density at radius 1 is 1.00 bits per heavy atom. The molecule has 0 unspecified atom stereocenters. The Labute approximate surface area is 148 Å². The first kappa shape index (κ1) is 16.6. The maximum Gasteiger partial charge on any atom is 0.246 e. The fraction of sp³-hybridized carbons (Fsp3) is 0.250. The smallest absolute Gasteiger partial charge is 0.246 e. The number of para-hydroxylation sites is 1. The second-order valence-electron chi connectivity index (χ2n) is 5.95. The van der Waals surface area contributed by atoms with Crippen LogP contribution in [0, 0.1) is 6.92 Å². The van der Waals surface area contributed by atoms with Gasteiger partial charge in [0.25, 0.3) is 0 Å². The van der Waals surface area contributed by atoms with Crippen LogP contribution in [0.1, 0.15) is 11.1 Å². The summed E-state index contributed by atoms with van der Waals surface area (Å²) in [6.45, 7) is 5.31. The lowest BCUT2D eigenvalue weighted by Crippen LogP contribution is -2.48. The van der Waals surface area contributed by atoms with Crippen molar-refractivity contribution in [1.82, 2.24) is 4.90 Å². The number of anilines is 1. The number of hydrogen-bond acceptors (Lipinski definition) is 2. The maximum absolute atomic E-state index is 12.4. The van der Waals surface area contributed by atoms with Crippen LogP contribution in [0.3, 0.4) is 0 Å². The van der Waals surface area contributed by atoms with Crippen molar-refractivity contribution < 1.29 is 4.79 Å². The van der Waals surface area contributed by atoms with Gasteiger partial charge in [0.1, 0.15) is 0 Å². The Morgan fingerprint density at radius 3 is 2.38 bits per heavy atom.